The van der Waals surface area contributed by atoms with Gasteiger partial charge in [0.15, 0.2) is 0 Å². The van der Waals surface area contributed by atoms with Gasteiger partial charge < -0.3 is 9.67 Å². The molecule has 4 heterocycles. The zero-order valence-electron chi connectivity index (χ0n) is 16.7. The molecule has 1 aliphatic heterocycles. The molecule has 0 atom stereocenters. The molecule has 3 aromatic heterocycles. The Kier molecular flexibility index (Phi) is 5.19. The summed E-state index contributed by atoms with van der Waals surface area (Å²) in [5, 5.41) is 15.9. The highest BCUT2D eigenvalue weighted by molar-refractivity contribution is 5.77. The lowest BCUT2D eigenvalue weighted by Gasteiger charge is -2.38. The lowest BCUT2D eigenvalue weighted by molar-refractivity contribution is -0.145. The third-order valence-corrected chi connectivity index (χ3v) is 5.78. The van der Waals surface area contributed by atoms with E-state index in [1.54, 1.807) is 23.0 Å². The Morgan fingerprint density at radius 3 is 2.67 bits per heavy atom. The van der Waals surface area contributed by atoms with Crippen molar-refractivity contribution in [1.82, 2.24) is 24.2 Å². The van der Waals surface area contributed by atoms with E-state index in [4.69, 9.17) is 0 Å². The van der Waals surface area contributed by atoms with Gasteiger partial charge >= 0.3 is 6.18 Å². The molecular formula is C21H24F3N5O. The fourth-order valence-corrected chi connectivity index (χ4v) is 4.07. The Morgan fingerprint density at radius 2 is 2.03 bits per heavy atom. The van der Waals surface area contributed by atoms with E-state index in [0.29, 0.717) is 37.9 Å². The molecule has 1 N–H and O–H groups in total. The first kappa shape index (κ1) is 20.6. The third kappa shape index (κ3) is 3.99. The van der Waals surface area contributed by atoms with Gasteiger partial charge in [-0.05, 0) is 38.0 Å². The number of aliphatic hydroxyl groups is 1. The molecule has 1 saturated heterocycles. The topological polar surface area (TPSA) is 59.1 Å². The molecule has 0 amide bonds. The molecule has 1 aliphatic rings. The Morgan fingerprint density at radius 1 is 1.30 bits per heavy atom. The van der Waals surface area contributed by atoms with Crippen LogP contribution in [0, 0.1) is 6.92 Å². The molecule has 6 nitrogen and oxygen atoms in total. The highest BCUT2D eigenvalue weighted by atomic mass is 19.4. The second-order valence-corrected chi connectivity index (χ2v) is 7.93. The molecule has 0 aromatic carbocycles. The van der Waals surface area contributed by atoms with Gasteiger partial charge in [-0.3, -0.25) is 4.90 Å². The smallest absolute Gasteiger partial charge is 0.388 e. The van der Waals surface area contributed by atoms with E-state index in [1.165, 1.54) is 6.20 Å². The summed E-state index contributed by atoms with van der Waals surface area (Å²) in [6, 6.07) is 4.31. The molecule has 0 unspecified atom stereocenters. The van der Waals surface area contributed by atoms with Crippen molar-refractivity contribution in [2.45, 2.75) is 44.6 Å². The van der Waals surface area contributed by atoms with Gasteiger partial charge in [-0.15, -0.1) is 0 Å². The van der Waals surface area contributed by atoms with Gasteiger partial charge in [0.1, 0.15) is 11.3 Å². The average Bonchev–Trinajstić information content (AvgIpc) is 3.24. The molecule has 30 heavy (non-hydrogen) atoms. The van der Waals surface area contributed by atoms with E-state index in [1.807, 2.05) is 13.1 Å². The maximum Gasteiger partial charge on any atom is 0.431 e. The Hall–Kier alpha value is -2.65. The van der Waals surface area contributed by atoms with Crippen LogP contribution in [0.5, 0.6) is 0 Å². The van der Waals surface area contributed by atoms with E-state index in [9.17, 15) is 18.3 Å². The first-order valence-electron chi connectivity index (χ1n) is 9.82. The van der Waals surface area contributed by atoms with Crippen molar-refractivity contribution in [1.29, 1.82) is 0 Å². The van der Waals surface area contributed by atoms with Gasteiger partial charge in [0, 0.05) is 49.2 Å². The molecule has 9 heteroatoms. The SMILES string of the molecule is C=Cn1cc(CN2CCC(O)(Cn3c(C(F)(F)F)cc4cccnc43)CC2)c(C)n1. The van der Waals surface area contributed by atoms with Crippen molar-refractivity contribution in [2.24, 2.45) is 0 Å². The van der Waals surface area contributed by atoms with E-state index in [0.717, 1.165) is 21.9 Å². The number of hydrogen-bond donors (Lipinski definition) is 1. The number of pyridine rings is 1. The molecule has 4 rings (SSSR count). The first-order chi connectivity index (χ1) is 14.2. The zero-order chi connectivity index (χ0) is 21.5. The van der Waals surface area contributed by atoms with Crippen LogP contribution >= 0.6 is 0 Å². The monoisotopic (exact) mass is 419 g/mol. The number of rotatable bonds is 5. The summed E-state index contributed by atoms with van der Waals surface area (Å²) in [6.07, 6.45) is 1.25. The number of piperidine rings is 1. The summed E-state index contributed by atoms with van der Waals surface area (Å²) < 4.78 is 43.5. The first-order valence-corrected chi connectivity index (χ1v) is 9.82. The van der Waals surface area contributed by atoms with Gasteiger partial charge in [0.25, 0.3) is 0 Å². The van der Waals surface area contributed by atoms with Crippen LogP contribution in [0.2, 0.25) is 0 Å². The van der Waals surface area contributed by atoms with Crippen molar-refractivity contribution in [2.75, 3.05) is 13.1 Å². The molecule has 160 valence electrons. The second-order valence-electron chi connectivity index (χ2n) is 7.93. The molecule has 0 saturated carbocycles. The normalized spacial score (nSPS) is 17.5. The summed E-state index contributed by atoms with van der Waals surface area (Å²) in [6.45, 7) is 7.34. The minimum Gasteiger partial charge on any atom is -0.388 e. The van der Waals surface area contributed by atoms with Crippen LogP contribution in [0.25, 0.3) is 17.2 Å². The van der Waals surface area contributed by atoms with Crippen LogP contribution in [0.15, 0.2) is 37.2 Å². The minimum atomic E-state index is -4.51. The number of fused-ring (bicyclic) bond motifs is 1. The number of halogens is 3. The number of likely N-dealkylation sites (tertiary alicyclic amines) is 1. The van der Waals surface area contributed by atoms with Crippen LogP contribution in [-0.4, -0.2) is 48.0 Å². The molecular weight excluding hydrogens is 395 g/mol. The summed E-state index contributed by atoms with van der Waals surface area (Å²) >= 11 is 0. The number of aryl methyl sites for hydroxylation is 1. The highest BCUT2D eigenvalue weighted by Gasteiger charge is 2.39. The lowest BCUT2D eigenvalue weighted by Crippen LogP contribution is -2.46. The molecule has 1 fully saturated rings. The third-order valence-electron chi connectivity index (χ3n) is 5.78. The van der Waals surface area contributed by atoms with Gasteiger partial charge in [-0.2, -0.15) is 18.3 Å². The minimum absolute atomic E-state index is 0.135. The number of nitrogens with zero attached hydrogens (tertiary/aromatic N) is 5. The van der Waals surface area contributed by atoms with Crippen molar-refractivity contribution < 1.29 is 18.3 Å². The molecule has 0 bridgehead atoms. The summed E-state index contributed by atoms with van der Waals surface area (Å²) in [4.78, 5) is 6.31. The molecule has 0 aliphatic carbocycles. The van der Waals surface area contributed by atoms with E-state index in [-0.39, 0.29) is 12.2 Å². The van der Waals surface area contributed by atoms with E-state index in [2.05, 4.69) is 21.6 Å². The van der Waals surface area contributed by atoms with Gasteiger partial charge in [0.05, 0.1) is 17.8 Å². The Balaban J connectivity index is 1.50. The largest absolute Gasteiger partial charge is 0.431 e. The summed E-state index contributed by atoms with van der Waals surface area (Å²) in [7, 11) is 0. The van der Waals surface area contributed by atoms with E-state index >= 15 is 0 Å². The van der Waals surface area contributed by atoms with Crippen LogP contribution in [0.4, 0.5) is 13.2 Å². The van der Waals surface area contributed by atoms with Gasteiger partial charge in [-0.25, -0.2) is 9.67 Å². The summed E-state index contributed by atoms with van der Waals surface area (Å²) in [5.74, 6) is 0. The number of alkyl halides is 3. The van der Waals surface area contributed by atoms with Crippen LogP contribution in [0.1, 0.15) is 29.8 Å². The zero-order valence-corrected chi connectivity index (χ0v) is 16.7. The van der Waals surface area contributed by atoms with Crippen LogP contribution < -0.4 is 0 Å². The van der Waals surface area contributed by atoms with Gasteiger partial charge in [-0.1, -0.05) is 6.58 Å². The maximum absolute atomic E-state index is 13.6. The Labute approximate surface area is 172 Å². The highest BCUT2D eigenvalue weighted by Crippen LogP contribution is 2.36. The van der Waals surface area contributed by atoms with Crippen LogP contribution in [0.3, 0.4) is 0 Å². The van der Waals surface area contributed by atoms with Crippen molar-refractivity contribution in [3.05, 3.63) is 54.1 Å². The standard InChI is InChI=1S/C21H24F3N5O/c1-3-28-13-17(15(2)26-28)12-27-9-6-20(30,7-10-27)14-29-18(21(22,23)24)11-16-5-4-8-25-19(16)29/h3-5,8,11,13,30H,1,6-7,9-10,12,14H2,2H3. The fraction of sp³-hybridized carbons (Fsp3) is 0.429. The molecule has 3 aromatic rings. The van der Waals surface area contributed by atoms with Crippen LogP contribution in [-0.2, 0) is 19.3 Å². The van der Waals surface area contributed by atoms with Crippen molar-refractivity contribution in [3.8, 4) is 0 Å². The number of aromatic nitrogens is 4. The van der Waals surface area contributed by atoms with E-state index < -0.39 is 17.5 Å². The maximum atomic E-state index is 13.6. The molecule has 0 spiro atoms. The Bertz CT molecular complexity index is 1060. The fourth-order valence-electron chi connectivity index (χ4n) is 4.07. The quantitative estimate of drug-likeness (QED) is 0.685. The van der Waals surface area contributed by atoms with Crippen molar-refractivity contribution >= 4 is 17.2 Å². The predicted molar refractivity (Wildman–Crippen MR) is 108 cm³/mol. The lowest BCUT2D eigenvalue weighted by atomic mass is 9.91. The second kappa shape index (κ2) is 7.55. The molecule has 0 radical (unpaired) electrons. The van der Waals surface area contributed by atoms with Crippen molar-refractivity contribution in [3.63, 3.8) is 0 Å². The predicted octanol–water partition coefficient (Wildman–Crippen LogP) is 3.69. The summed E-state index contributed by atoms with van der Waals surface area (Å²) in [5.41, 5.74) is 0.226. The number of hydrogen-bond acceptors (Lipinski definition) is 4. The van der Waals surface area contributed by atoms with Gasteiger partial charge in [0.2, 0.25) is 0 Å². The average molecular weight is 419 g/mol.